The third kappa shape index (κ3) is 4.95. The molecule has 3 nitrogen and oxygen atoms in total. The van der Waals surface area contributed by atoms with Crippen LogP contribution < -0.4 is 5.32 Å². The number of alkyl halides is 3. The first kappa shape index (κ1) is 23.0. The number of halogens is 3. The van der Waals surface area contributed by atoms with Gasteiger partial charge in [0.2, 0.25) is 0 Å². The Morgan fingerprint density at radius 3 is 2.50 bits per heavy atom. The fraction of sp³-hybridized carbons (Fsp3) is 0.478. The van der Waals surface area contributed by atoms with Crippen LogP contribution in [0.3, 0.4) is 0 Å². The summed E-state index contributed by atoms with van der Waals surface area (Å²) in [6.07, 6.45) is -1.38. The minimum absolute atomic E-state index is 0.00199. The van der Waals surface area contributed by atoms with E-state index in [9.17, 15) is 13.2 Å². The molecule has 0 saturated carbocycles. The van der Waals surface area contributed by atoms with Gasteiger partial charge in [0, 0.05) is 23.4 Å². The molecular weight excluding hydrogens is 411 g/mol. The number of benzene rings is 2. The van der Waals surface area contributed by atoms with Gasteiger partial charge in [-0.05, 0) is 48.6 Å². The lowest BCUT2D eigenvalue weighted by atomic mass is 9.76. The van der Waals surface area contributed by atoms with Crippen LogP contribution in [-0.4, -0.2) is 19.0 Å². The highest BCUT2D eigenvalue weighted by Crippen LogP contribution is 2.51. The number of nitrogens with one attached hydrogen (secondary N) is 1. The Morgan fingerprint density at radius 2 is 1.83 bits per heavy atom. The molecule has 2 aliphatic heterocycles. The minimum Gasteiger partial charge on any atom is -0.378 e. The highest BCUT2D eigenvalue weighted by molar-refractivity contribution is 7.93. The van der Waals surface area contributed by atoms with Crippen molar-refractivity contribution in [2.24, 2.45) is 5.92 Å². The predicted octanol–water partition coefficient (Wildman–Crippen LogP) is 7.03. The average molecular weight is 440 g/mol. The SMILES string of the molecule is CC.CSOCC1CCC2C(O1)c1cc(C(F)(F)F)ccc1N[C@H]2c1ccccc1. The Morgan fingerprint density at radius 1 is 1.10 bits per heavy atom. The van der Waals surface area contributed by atoms with Crippen molar-refractivity contribution in [1.82, 2.24) is 0 Å². The lowest BCUT2D eigenvalue weighted by molar-refractivity contribution is -0.138. The van der Waals surface area contributed by atoms with E-state index in [1.807, 2.05) is 50.4 Å². The Kier molecular flexibility index (Phi) is 7.71. The second-order valence-electron chi connectivity index (χ2n) is 7.20. The molecule has 0 aromatic heterocycles. The van der Waals surface area contributed by atoms with Crippen molar-refractivity contribution in [2.75, 3.05) is 18.2 Å². The molecule has 3 unspecified atom stereocenters. The predicted molar refractivity (Wildman–Crippen MR) is 115 cm³/mol. The van der Waals surface area contributed by atoms with Gasteiger partial charge in [-0.3, -0.25) is 0 Å². The maximum Gasteiger partial charge on any atom is 0.416 e. The molecule has 164 valence electrons. The largest absolute Gasteiger partial charge is 0.416 e. The van der Waals surface area contributed by atoms with Gasteiger partial charge in [0.1, 0.15) is 0 Å². The monoisotopic (exact) mass is 439 g/mol. The van der Waals surface area contributed by atoms with Crippen molar-refractivity contribution < 1.29 is 22.1 Å². The summed E-state index contributed by atoms with van der Waals surface area (Å²) in [6, 6.07) is 13.9. The van der Waals surface area contributed by atoms with E-state index >= 15 is 0 Å². The van der Waals surface area contributed by atoms with E-state index in [1.165, 1.54) is 24.2 Å². The molecule has 1 N–H and O–H groups in total. The van der Waals surface area contributed by atoms with Crippen LogP contribution in [0.15, 0.2) is 48.5 Å². The van der Waals surface area contributed by atoms with Crippen LogP contribution in [0, 0.1) is 5.92 Å². The highest BCUT2D eigenvalue weighted by Gasteiger charge is 2.43. The van der Waals surface area contributed by atoms with Crippen LogP contribution >= 0.6 is 12.0 Å². The van der Waals surface area contributed by atoms with Gasteiger partial charge in [-0.25, -0.2) is 0 Å². The summed E-state index contributed by atoms with van der Waals surface area (Å²) in [5.74, 6) is 0.0592. The minimum atomic E-state index is -4.38. The number of fused-ring (bicyclic) bond motifs is 3. The van der Waals surface area contributed by atoms with Gasteiger partial charge < -0.3 is 14.2 Å². The Balaban J connectivity index is 0.00000124. The summed E-state index contributed by atoms with van der Waals surface area (Å²) in [5, 5.41) is 3.47. The summed E-state index contributed by atoms with van der Waals surface area (Å²) < 4.78 is 51.6. The van der Waals surface area contributed by atoms with Crippen LogP contribution in [-0.2, 0) is 15.1 Å². The van der Waals surface area contributed by atoms with Gasteiger partial charge in [0.05, 0.1) is 30.4 Å². The van der Waals surface area contributed by atoms with E-state index in [2.05, 4.69) is 5.32 Å². The van der Waals surface area contributed by atoms with Crippen molar-refractivity contribution in [3.05, 3.63) is 65.2 Å². The first-order valence-corrected chi connectivity index (χ1v) is 11.5. The summed E-state index contributed by atoms with van der Waals surface area (Å²) in [7, 11) is 0. The molecule has 2 aromatic rings. The Bertz CT molecular complexity index is 816. The molecule has 7 heteroatoms. The molecule has 2 heterocycles. The molecule has 1 fully saturated rings. The first-order chi connectivity index (χ1) is 14.5. The topological polar surface area (TPSA) is 30.5 Å². The summed E-state index contributed by atoms with van der Waals surface area (Å²) in [5.41, 5.74) is 1.76. The quantitative estimate of drug-likeness (QED) is 0.518. The normalized spacial score (nSPS) is 25.3. The molecule has 0 spiro atoms. The van der Waals surface area contributed by atoms with Crippen molar-refractivity contribution in [2.45, 2.75) is 51.1 Å². The molecule has 0 bridgehead atoms. The molecule has 0 amide bonds. The maximum absolute atomic E-state index is 13.3. The van der Waals surface area contributed by atoms with E-state index < -0.39 is 17.8 Å². The maximum atomic E-state index is 13.3. The second kappa shape index (κ2) is 10.1. The molecule has 0 radical (unpaired) electrons. The van der Waals surface area contributed by atoms with E-state index in [4.69, 9.17) is 8.92 Å². The average Bonchev–Trinajstić information content (AvgIpc) is 2.78. The zero-order valence-electron chi connectivity index (χ0n) is 17.4. The van der Waals surface area contributed by atoms with E-state index in [1.54, 1.807) is 0 Å². The highest BCUT2D eigenvalue weighted by atomic mass is 32.2. The van der Waals surface area contributed by atoms with Crippen molar-refractivity contribution in [3.8, 4) is 0 Å². The molecular formula is C23H28F3NO2S. The van der Waals surface area contributed by atoms with Crippen LogP contribution in [0.1, 0.15) is 55.5 Å². The fourth-order valence-electron chi connectivity index (χ4n) is 4.19. The Hall–Kier alpha value is -1.70. The second-order valence-corrected chi connectivity index (χ2v) is 7.77. The number of hydrogen-bond acceptors (Lipinski definition) is 4. The molecule has 1 saturated heterocycles. The summed E-state index contributed by atoms with van der Waals surface area (Å²) >= 11 is 1.27. The fourth-order valence-corrected chi connectivity index (χ4v) is 4.48. The van der Waals surface area contributed by atoms with Crippen LogP contribution in [0.25, 0.3) is 0 Å². The van der Waals surface area contributed by atoms with Crippen molar-refractivity contribution in [3.63, 3.8) is 0 Å². The van der Waals surface area contributed by atoms with Gasteiger partial charge in [0.15, 0.2) is 0 Å². The van der Waals surface area contributed by atoms with Crippen molar-refractivity contribution in [1.29, 1.82) is 0 Å². The van der Waals surface area contributed by atoms with Gasteiger partial charge in [0.25, 0.3) is 0 Å². The van der Waals surface area contributed by atoms with Crippen LogP contribution in [0.5, 0.6) is 0 Å². The standard InChI is InChI=1S/C21H22F3NO2S.C2H6/c1-28-26-12-15-8-9-16-19(13-5-3-2-4-6-13)25-18-10-7-14(21(22,23)24)11-17(18)20(16)27-15;1-2/h2-7,10-11,15-16,19-20,25H,8-9,12H2,1H3;1-2H3/t15?,16?,19-,20?;/m0./s1. The number of ether oxygens (including phenoxy) is 1. The molecule has 2 aromatic carbocycles. The van der Waals surface area contributed by atoms with Gasteiger partial charge >= 0.3 is 6.18 Å². The number of hydrogen-bond donors (Lipinski definition) is 1. The Labute approximate surface area is 180 Å². The van der Waals surface area contributed by atoms with Crippen LogP contribution in [0.2, 0.25) is 0 Å². The number of anilines is 1. The molecule has 2 aliphatic rings. The molecule has 30 heavy (non-hydrogen) atoms. The van der Waals surface area contributed by atoms with E-state index in [0.717, 1.165) is 24.5 Å². The third-order valence-corrected chi connectivity index (χ3v) is 5.88. The lowest BCUT2D eigenvalue weighted by Gasteiger charge is -2.45. The molecule has 4 atom stereocenters. The zero-order chi connectivity index (χ0) is 21.7. The van der Waals surface area contributed by atoms with Gasteiger partial charge in [-0.15, -0.1) is 0 Å². The van der Waals surface area contributed by atoms with Crippen LogP contribution in [0.4, 0.5) is 18.9 Å². The van der Waals surface area contributed by atoms with E-state index in [0.29, 0.717) is 17.9 Å². The van der Waals surface area contributed by atoms with Crippen molar-refractivity contribution >= 4 is 17.7 Å². The van der Waals surface area contributed by atoms with Gasteiger partial charge in [-0.1, -0.05) is 44.2 Å². The molecule has 0 aliphatic carbocycles. The molecule has 4 rings (SSSR count). The van der Waals surface area contributed by atoms with Gasteiger partial charge in [-0.2, -0.15) is 13.2 Å². The number of rotatable bonds is 4. The first-order valence-electron chi connectivity index (χ1n) is 10.3. The summed E-state index contributed by atoms with van der Waals surface area (Å²) in [6.45, 7) is 4.43. The van der Waals surface area contributed by atoms with E-state index in [-0.39, 0.29) is 18.1 Å². The summed E-state index contributed by atoms with van der Waals surface area (Å²) in [4.78, 5) is 0. The zero-order valence-corrected chi connectivity index (χ0v) is 18.2. The lowest BCUT2D eigenvalue weighted by Crippen LogP contribution is -2.40. The smallest absolute Gasteiger partial charge is 0.378 e. The third-order valence-electron chi connectivity index (χ3n) is 5.50.